The Morgan fingerprint density at radius 1 is 1.30 bits per heavy atom. The van der Waals surface area contributed by atoms with Gasteiger partial charge in [-0.25, -0.2) is 0 Å². The molecule has 0 atom stereocenters. The number of hydrogen-bond donors (Lipinski definition) is 1. The maximum absolute atomic E-state index is 10.6. The Labute approximate surface area is 121 Å². The molecule has 0 aliphatic rings. The van der Waals surface area contributed by atoms with E-state index in [2.05, 4.69) is 0 Å². The third-order valence-electron chi connectivity index (χ3n) is 2.89. The zero-order valence-electron chi connectivity index (χ0n) is 10.8. The highest BCUT2D eigenvalue weighted by molar-refractivity contribution is 6.32. The minimum Gasteiger partial charge on any atom is -0.456 e. The van der Waals surface area contributed by atoms with Crippen LogP contribution in [0, 0.1) is 17.0 Å². The molecule has 2 rings (SSSR count). The summed E-state index contributed by atoms with van der Waals surface area (Å²) < 4.78 is 5.63. The van der Waals surface area contributed by atoms with Gasteiger partial charge in [-0.15, -0.1) is 0 Å². The Hall–Kier alpha value is -2.11. The number of halogens is 1. The van der Waals surface area contributed by atoms with Crippen molar-refractivity contribution < 1.29 is 9.66 Å². The van der Waals surface area contributed by atoms with Crippen molar-refractivity contribution in [2.24, 2.45) is 5.73 Å². The summed E-state index contributed by atoms with van der Waals surface area (Å²) in [5, 5.41) is 10.8. The molecule has 104 valence electrons. The highest BCUT2D eigenvalue weighted by Crippen LogP contribution is 2.32. The molecule has 0 amide bonds. The monoisotopic (exact) mass is 292 g/mol. The van der Waals surface area contributed by atoms with E-state index in [-0.39, 0.29) is 10.7 Å². The number of non-ortho nitro benzene ring substituents is 1. The summed E-state index contributed by atoms with van der Waals surface area (Å²) in [6, 6.07) is 9.60. The second-order valence-corrected chi connectivity index (χ2v) is 4.67. The van der Waals surface area contributed by atoms with Crippen molar-refractivity contribution in [2.45, 2.75) is 13.5 Å². The zero-order chi connectivity index (χ0) is 14.7. The number of benzene rings is 2. The molecule has 20 heavy (non-hydrogen) atoms. The minimum absolute atomic E-state index is 0.0722. The number of nitrogens with zero attached hydrogens (tertiary/aromatic N) is 1. The molecule has 2 N–H and O–H groups in total. The summed E-state index contributed by atoms with van der Waals surface area (Å²) in [7, 11) is 0. The van der Waals surface area contributed by atoms with Gasteiger partial charge in [0.15, 0.2) is 0 Å². The molecule has 0 spiro atoms. The van der Waals surface area contributed by atoms with Crippen molar-refractivity contribution in [3.63, 3.8) is 0 Å². The van der Waals surface area contributed by atoms with Gasteiger partial charge in [0.1, 0.15) is 11.5 Å². The van der Waals surface area contributed by atoms with E-state index in [0.717, 1.165) is 11.1 Å². The van der Waals surface area contributed by atoms with E-state index >= 15 is 0 Å². The smallest absolute Gasteiger partial charge is 0.271 e. The maximum atomic E-state index is 10.6. The lowest BCUT2D eigenvalue weighted by molar-refractivity contribution is -0.384. The number of nitrogens with two attached hydrogens (primary N) is 1. The molecule has 0 saturated carbocycles. The summed E-state index contributed by atoms with van der Waals surface area (Å²) in [6.07, 6.45) is 0. The standard InChI is InChI=1S/C14H13ClN2O3/c1-9-6-12(4-2-10(9)8-16)20-14-5-3-11(17(18)19)7-13(14)15/h2-7H,8,16H2,1H3. The van der Waals surface area contributed by atoms with E-state index in [9.17, 15) is 10.1 Å². The Bertz CT molecular complexity index is 659. The van der Waals surface area contributed by atoms with Crippen molar-refractivity contribution in [3.05, 3.63) is 62.7 Å². The van der Waals surface area contributed by atoms with Gasteiger partial charge in [-0.2, -0.15) is 0 Å². The third-order valence-corrected chi connectivity index (χ3v) is 3.18. The van der Waals surface area contributed by atoms with Gasteiger partial charge in [0.25, 0.3) is 5.69 Å². The van der Waals surface area contributed by atoms with Gasteiger partial charge in [0.05, 0.1) is 9.95 Å². The van der Waals surface area contributed by atoms with Crippen LogP contribution in [-0.4, -0.2) is 4.92 Å². The Morgan fingerprint density at radius 3 is 2.60 bits per heavy atom. The lowest BCUT2D eigenvalue weighted by Crippen LogP contribution is -1.99. The fourth-order valence-corrected chi connectivity index (χ4v) is 1.99. The first-order chi connectivity index (χ1) is 9.51. The summed E-state index contributed by atoms with van der Waals surface area (Å²) in [6.45, 7) is 2.40. The third kappa shape index (κ3) is 3.07. The molecule has 0 saturated heterocycles. The van der Waals surface area contributed by atoms with Crippen molar-refractivity contribution in [3.8, 4) is 11.5 Å². The molecule has 0 radical (unpaired) electrons. The fraction of sp³-hybridized carbons (Fsp3) is 0.143. The van der Waals surface area contributed by atoms with Gasteiger partial charge in [-0.3, -0.25) is 10.1 Å². The molecule has 0 aliphatic carbocycles. The molecule has 0 fully saturated rings. The van der Waals surface area contributed by atoms with Crippen LogP contribution in [0.4, 0.5) is 5.69 Å². The van der Waals surface area contributed by atoms with Crippen LogP contribution in [0.3, 0.4) is 0 Å². The molecular weight excluding hydrogens is 280 g/mol. The van der Waals surface area contributed by atoms with Crippen LogP contribution < -0.4 is 10.5 Å². The van der Waals surface area contributed by atoms with E-state index in [1.54, 1.807) is 6.07 Å². The van der Waals surface area contributed by atoms with Crippen LogP contribution >= 0.6 is 11.6 Å². The number of hydrogen-bond acceptors (Lipinski definition) is 4. The summed E-state index contributed by atoms with van der Waals surface area (Å²) in [4.78, 5) is 10.1. The first kappa shape index (κ1) is 14.3. The van der Waals surface area contributed by atoms with E-state index in [0.29, 0.717) is 18.0 Å². The van der Waals surface area contributed by atoms with E-state index in [1.807, 2.05) is 19.1 Å². The molecule has 0 aliphatic heterocycles. The highest BCUT2D eigenvalue weighted by Gasteiger charge is 2.11. The van der Waals surface area contributed by atoms with Crippen LogP contribution in [0.5, 0.6) is 11.5 Å². The van der Waals surface area contributed by atoms with Crippen molar-refractivity contribution in [1.82, 2.24) is 0 Å². The maximum Gasteiger partial charge on any atom is 0.271 e. The number of aryl methyl sites for hydroxylation is 1. The van der Waals surface area contributed by atoms with E-state index < -0.39 is 4.92 Å². The number of ether oxygens (including phenoxy) is 1. The quantitative estimate of drug-likeness (QED) is 0.686. The Kier molecular flexibility index (Phi) is 4.22. The summed E-state index contributed by atoms with van der Waals surface area (Å²) in [5.74, 6) is 0.979. The van der Waals surface area contributed by atoms with Crippen molar-refractivity contribution in [2.75, 3.05) is 0 Å². The summed E-state index contributed by atoms with van der Waals surface area (Å²) >= 11 is 5.97. The van der Waals surface area contributed by atoms with Crippen LogP contribution in [0.15, 0.2) is 36.4 Å². The van der Waals surface area contributed by atoms with Gasteiger partial charge in [-0.1, -0.05) is 17.7 Å². The highest BCUT2D eigenvalue weighted by atomic mass is 35.5. The van der Waals surface area contributed by atoms with E-state index in [4.69, 9.17) is 22.1 Å². The van der Waals surface area contributed by atoms with Crippen molar-refractivity contribution >= 4 is 17.3 Å². The second kappa shape index (κ2) is 5.90. The lowest BCUT2D eigenvalue weighted by Gasteiger charge is -2.10. The molecule has 0 aromatic heterocycles. The largest absolute Gasteiger partial charge is 0.456 e. The van der Waals surface area contributed by atoms with Crippen LogP contribution in [-0.2, 0) is 6.54 Å². The molecule has 0 heterocycles. The molecule has 2 aromatic rings. The first-order valence-electron chi connectivity index (χ1n) is 5.92. The fourth-order valence-electron chi connectivity index (χ4n) is 1.77. The summed E-state index contributed by atoms with van der Waals surface area (Å²) in [5.41, 5.74) is 7.58. The van der Waals surface area contributed by atoms with Gasteiger partial charge in [0.2, 0.25) is 0 Å². The number of nitro benzene ring substituents is 1. The average Bonchev–Trinajstić information content (AvgIpc) is 2.41. The van der Waals surface area contributed by atoms with Crippen LogP contribution in [0.25, 0.3) is 0 Å². The average molecular weight is 293 g/mol. The minimum atomic E-state index is -0.504. The lowest BCUT2D eigenvalue weighted by atomic mass is 10.1. The van der Waals surface area contributed by atoms with Crippen molar-refractivity contribution in [1.29, 1.82) is 0 Å². The molecular formula is C14H13ClN2O3. The second-order valence-electron chi connectivity index (χ2n) is 4.27. The van der Waals surface area contributed by atoms with Crippen LogP contribution in [0.1, 0.15) is 11.1 Å². The Morgan fingerprint density at radius 2 is 2.05 bits per heavy atom. The molecule has 0 unspecified atom stereocenters. The Balaban J connectivity index is 2.26. The normalized spacial score (nSPS) is 10.3. The molecule has 2 aromatic carbocycles. The van der Waals surface area contributed by atoms with Gasteiger partial charge < -0.3 is 10.5 Å². The first-order valence-corrected chi connectivity index (χ1v) is 6.30. The zero-order valence-corrected chi connectivity index (χ0v) is 11.6. The molecule has 6 heteroatoms. The number of nitro groups is 1. The van der Waals surface area contributed by atoms with E-state index in [1.165, 1.54) is 18.2 Å². The van der Waals surface area contributed by atoms with Crippen LogP contribution in [0.2, 0.25) is 5.02 Å². The van der Waals surface area contributed by atoms with Gasteiger partial charge in [-0.05, 0) is 36.2 Å². The molecule has 0 bridgehead atoms. The topological polar surface area (TPSA) is 78.4 Å². The number of rotatable bonds is 4. The van der Waals surface area contributed by atoms with Gasteiger partial charge in [0, 0.05) is 18.7 Å². The SMILES string of the molecule is Cc1cc(Oc2ccc([N+](=O)[O-])cc2Cl)ccc1CN. The predicted octanol–water partition coefficient (Wildman–Crippen LogP) is 3.81. The predicted molar refractivity (Wildman–Crippen MR) is 77.3 cm³/mol. The van der Waals surface area contributed by atoms with Gasteiger partial charge >= 0.3 is 0 Å². The molecule has 5 nitrogen and oxygen atoms in total.